The third-order valence-electron chi connectivity index (χ3n) is 4.39. The topological polar surface area (TPSA) is 95.7 Å². The Morgan fingerprint density at radius 3 is 2.37 bits per heavy atom. The minimum atomic E-state index is -0.577. The van der Waals surface area contributed by atoms with Gasteiger partial charge in [-0.1, -0.05) is 18.2 Å². The van der Waals surface area contributed by atoms with Gasteiger partial charge < -0.3 is 9.72 Å². The Hall–Kier alpha value is -3.71. The lowest BCUT2D eigenvalue weighted by molar-refractivity contribution is 0.0706. The van der Waals surface area contributed by atoms with Gasteiger partial charge in [-0.05, 0) is 47.2 Å². The SMILES string of the molecule is O=C(NO)c1ccc2cc(C(=O)NCc3cnc4ccccn34)ccc2c1. The summed E-state index contributed by atoms with van der Waals surface area (Å²) in [7, 11) is 0. The Balaban J connectivity index is 1.53. The van der Waals surface area contributed by atoms with E-state index in [1.54, 1.807) is 48.1 Å². The third-order valence-corrected chi connectivity index (χ3v) is 4.39. The highest BCUT2D eigenvalue weighted by Gasteiger charge is 2.10. The predicted octanol–water partition coefficient (Wildman–Crippen LogP) is 2.54. The lowest BCUT2D eigenvalue weighted by Gasteiger charge is -2.07. The van der Waals surface area contributed by atoms with Crippen LogP contribution >= 0.6 is 0 Å². The molecule has 0 atom stereocenters. The molecule has 0 unspecified atom stereocenters. The number of fused-ring (bicyclic) bond motifs is 2. The number of aromatic nitrogens is 2. The average molecular weight is 360 g/mol. The molecular formula is C20H16N4O3. The fourth-order valence-corrected chi connectivity index (χ4v) is 2.98. The standard InChI is InChI=1S/C20H16N4O3/c25-19(22-12-17-11-21-18-3-1-2-8-24(17)18)15-6-4-14-10-16(20(26)23-27)7-5-13(14)9-15/h1-11,27H,12H2,(H,22,25)(H,23,26). The maximum absolute atomic E-state index is 12.5. The number of benzene rings is 2. The van der Waals surface area contributed by atoms with Gasteiger partial charge in [-0.3, -0.25) is 14.8 Å². The highest BCUT2D eigenvalue weighted by atomic mass is 16.5. The molecule has 0 fully saturated rings. The van der Waals surface area contributed by atoms with E-state index in [2.05, 4.69) is 10.3 Å². The molecule has 0 aliphatic rings. The van der Waals surface area contributed by atoms with Gasteiger partial charge in [0.1, 0.15) is 5.65 Å². The highest BCUT2D eigenvalue weighted by molar-refractivity contribution is 6.01. The van der Waals surface area contributed by atoms with E-state index in [0.29, 0.717) is 17.7 Å². The third kappa shape index (κ3) is 3.23. The zero-order valence-electron chi connectivity index (χ0n) is 14.2. The lowest BCUT2D eigenvalue weighted by atomic mass is 10.0. The number of carbonyl (C=O) groups is 2. The molecular weight excluding hydrogens is 344 g/mol. The Labute approximate surface area is 154 Å². The van der Waals surface area contributed by atoms with E-state index < -0.39 is 5.91 Å². The second kappa shape index (κ2) is 6.89. The smallest absolute Gasteiger partial charge is 0.274 e. The van der Waals surface area contributed by atoms with Crippen molar-refractivity contribution in [3.8, 4) is 0 Å². The molecule has 27 heavy (non-hydrogen) atoms. The number of rotatable bonds is 4. The van der Waals surface area contributed by atoms with Crippen LogP contribution in [0.1, 0.15) is 26.4 Å². The first-order valence-electron chi connectivity index (χ1n) is 8.33. The zero-order valence-corrected chi connectivity index (χ0v) is 14.2. The number of nitrogens with one attached hydrogen (secondary N) is 2. The zero-order chi connectivity index (χ0) is 18.8. The van der Waals surface area contributed by atoms with Crippen LogP contribution in [0.5, 0.6) is 0 Å². The van der Waals surface area contributed by atoms with E-state index in [1.807, 2.05) is 28.8 Å². The summed E-state index contributed by atoms with van der Waals surface area (Å²) >= 11 is 0. The van der Waals surface area contributed by atoms with Crippen molar-refractivity contribution in [3.63, 3.8) is 0 Å². The van der Waals surface area contributed by atoms with Crippen molar-refractivity contribution in [1.82, 2.24) is 20.2 Å². The summed E-state index contributed by atoms with van der Waals surface area (Å²) in [5.74, 6) is -0.772. The quantitative estimate of drug-likeness (QED) is 0.385. The van der Waals surface area contributed by atoms with Gasteiger partial charge in [-0.15, -0.1) is 0 Å². The summed E-state index contributed by atoms with van der Waals surface area (Å²) in [5.41, 5.74) is 4.19. The molecule has 0 saturated heterocycles. The van der Waals surface area contributed by atoms with Gasteiger partial charge in [0.2, 0.25) is 0 Å². The molecule has 0 aliphatic heterocycles. The van der Waals surface area contributed by atoms with Crippen LogP contribution in [0, 0.1) is 0 Å². The summed E-state index contributed by atoms with van der Waals surface area (Å²) in [6.07, 6.45) is 3.64. The fourth-order valence-electron chi connectivity index (χ4n) is 2.98. The Kier molecular flexibility index (Phi) is 4.27. The molecule has 4 aromatic rings. The monoisotopic (exact) mass is 360 g/mol. The minimum absolute atomic E-state index is 0.194. The molecule has 2 aromatic carbocycles. The van der Waals surface area contributed by atoms with E-state index in [-0.39, 0.29) is 5.91 Å². The van der Waals surface area contributed by atoms with Crippen molar-refractivity contribution >= 4 is 28.2 Å². The molecule has 7 heteroatoms. The number of nitrogens with zero attached hydrogens (tertiary/aromatic N) is 2. The maximum atomic E-state index is 12.5. The van der Waals surface area contributed by atoms with Crippen LogP contribution < -0.4 is 10.8 Å². The number of pyridine rings is 1. The van der Waals surface area contributed by atoms with Crippen molar-refractivity contribution in [3.05, 3.63) is 83.8 Å². The van der Waals surface area contributed by atoms with Gasteiger partial charge in [-0.25, -0.2) is 10.5 Å². The second-order valence-corrected chi connectivity index (χ2v) is 6.08. The number of carbonyl (C=O) groups excluding carboxylic acids is 2. The van der Waals surface area contributed by atoms with E-state index in [0.717, 1.165) is 22.1 Å². The number of amides is 2. The maximum Gasteiger partial charge on any atom is 0.274 e. The van der Waals surface area contributed by atoms with Crippen LogP contribution in [0.3, 0.4) is 0 Å². The van der Waals surface area contributed by atoms with Gasteiger partial charge in [-0.2, -0.15) is 0 Å². The minimum Gasteiger partial charge on any atom is -0.346 e. The van der Waals surface area contributed by atoms with Crippen molar-refractivity contribution in [1.29, 1.82) is 0 Å². The first-order chi connectivity index (χ1) is 13.2. The van der Waals surface area contributed by atoms with Crippen LogP contribution in [0.25, 0.3) is 16.4 Å². The molecule has 134 valence electrons. The van der Waals surface area contributed by atoms with Crippen molar-refractivity contribution in [2.45, 2.75) is 6.54 Å². The first-order valence-corrected chi connectivity index (χ1v) is 8.33. The fraction of sp³-hybridized carbons (Fsp3) is 0.0500. The van der Waals surface area contributed by atoms with Crippen molar-refractivity contribution in [2.24, 2.45) is 0 Å². The summed E-state index contributed by atoms with van der Waals surface area (Å²) in [4.78, 5) is 28.3. The molecule has 0 spiro atoms. The number of hydrogen-bond acceptors (Lipinski definition) is 4. The summed E-state index contributed by atoms with van der Waals surface area (Å²) in [6, 6.07) is 15.9. The highest BCUT2D eigenvalue weighted by Crippen LogP contribution is 2.18. The van der Waals surface area contributed by atoms with E-state index in [4.69, 9.17) is 5.21 Å². The molecule has 0 bridgehead atoms. The predicted molar refractivity (Wildman–Crippen MR) is 99.6 cm³/mol. The van der Waals surface area contributed by atoms with Gasteiger partial charge in [0.05, 0.1) is 18.4 Å². The largest absolute Gasteiger partial charge is 0.346 e. The van der Waals surface area contributed by atoms with Gasteiger partial charge in [0.15, 0.2) is 0 Å². The average Bonchev–Trinajstić information content (AvgIpc) is 3.13. The van der Waals surface area contributed by atoms with Gasteiger partial charge >= 0.3 is 0 Å². The van der Waals surface area contributed by atoms with Gasteiger partial charge in [0.25, 0.3) is 11.8 Å². The van der Waals surface area contributed by atoms with Gasteiger partial charge in [0, 0.05) is 17.3 Å². The number of hydrogen-bond donors (Lipinski definition) is 3. The van der Waals surface area contributed by atoms with Crippen LogP contribution in [0.15, 0.2) is 67.0 Å². The van der Waals surface area contributed by atoms with Crippen LogP contribution in [-0.2, 0) is 6.54 Å². The summed E-state index contributed by atoms with van der Waals surface area (Å²) in [6.45, 7) is 0.359. The van der Waals surface area contributed by atoms with E-state index in [1.165, 1.54) is 0 Å². The second-order valence-electron chi connectivity index (χ2n) is 6.08. The lowest BCUT2D eigenvalue weighted by Crippen LogP contribution is -2.23. The van der Waals surface area contributed by atoms with E-state index >= 15 is 0 Å². The Morgan fingerprint density at radius 2 is 1.67 bits per heavy atom. The van der Waals surface area contributed by atoms with Crippen LogP contribution in [0.4, 0.5) is 0 Å². The molecule has 0 aliphatic carbocycles. The molecule has 4 rings (SSSR count). The molecule has 3 N–H and O–H groups in total. The first kappa shape index (κ1) is 16.7. The number of hydroxylamine groups is 1. The summed E-state index contributed by atoms with van der Waals surface area (Å²) < 4.78 is 1.93. The Bertz CT molecular complexity index is 1170. The van der Waals surface area contributed by atoms with Crippen molar-refractivity contribution < 1.29 is 14.8 Å². The Morgan fingerprint density at radius 1 is 0.963 bits per heavy atom. The van der Waals surface area contributed by atoms with E-state index in [9.17, 15) is 9.59 Å². The molecule has 2 amide bonds. The molecule has 0 radical (unpaired) electrons. The van der Waals surface area contributed by atoms with Crippen LogP contribution in [0.2, 0.25) is 0 Å². The normalized spacial score (nSPS) is 10.9. The van der Waals surface area contributed by atoms with Crippen molar-refractivity contribution in [2.75, 3.05) is 0 Å². The molecule has 0 saturated carbocycles. The molecule has 2 aromatic heterocycles. The van der Waals surface area contributed by atoms with Crippen LogP contribution in [-0.4, -0.2) is 26.4 Å². The summed E-state index contributed by atoms with van der Waals surface area (Å²) in [5, 5.41) is 13.2. The molecule has 2 heterocycles. The molecule has 7 nitrogen and oxygen atoms in total. The number of imidazole rings is 1.